The average Bonchev–Trinajstić information content (AvgIpc) is 3.20. The molecule has 0 unspecified atom stereocenters. The molecule has 160 valence electrons. The van der Waals surface area contributed by atoms with Crippen LogP contribution in [0.25, 0.3) is 0 Å². The molecule has 0 aromatic carbocycles. The van der Waals surface area contributed by atoms with Crippen LogP contribution in [0.3, 0.4) is 0 Å². The molecular weight excluding hydrogens is 372 g/mol. The molecule has 0 aromatic rings. The third kappa shape index (κ3) is 7.81. The standard InChI is InChI=1S/C16H24N2O8.C2H6/c1-9(19)17-5-3-13(21)25-11-7-23-16-12(8-24-15(11)16)26-14(22)4-6-18-10(2)20;1-2/h11-12,15-16H,3-8H2,1-2H3,(H,17,19)(H,18,20);1-2H3/t11-,12-,15+,16+;/m0./s1. The fourth-order valence-electron chi connectivity index (χ4n) is 2.77. The van der Waals surface area contributed by atoms with Crippen LogP contribution in [0.4, 0.5) is 0 Å². The highest BCUT2D eigenvalue weighted by molar-refractivity contribution is 5.75. The predicted molar refractivity (Wildman–Crippen MR) is 97.2 cm³/mol. The number of hydrogen-bond donors (Lipinski definition) is 2. The number of nitrogens with one attached hydrogen (secondary N) is 2. The van der Waals surface area contributed by atoms with Gasteiger partial charge in [-0.3, -0.25) is 19.2 Å². The Morgan fingerprint density at radius 3 is 1.46 bits per heavy atom. The Hall–Kier alpha value is -2.20. The first-order valence-electron chi connectivity index (χ1n) is 9.48. The molecule has 0 aromatic heterocycles. The minimum absolute atomic E-state index is 0.0506. The van der Waals surface area contributed by atoms with Gasteiger partial charge in [0, 0.05) is 26.9 Å². The Balaban J connectivity index is 0.00000190. The van der Waals surface area contributed by atoms with Crippen LogP contribution in [0.2, 0.25) is 0 Å². The van der Waals surface area contributed by atoms with Crippen LogP contribution in [-0.4, -0.2) is 74.5 Å². The lowest BCUT2D eigenvalue weighted by molar-refractivity contribution is -0.155. The van der Waals surface area contributed by atoms with E-state index in [0.717, 1.165) is 0 Å². The molecule has 2 aliphatic rings. The van der Waals surface area contributed by atoms with E-state index in [1.165, 1.54) is 13.8 Å². The third-order valence-electron chi connectivity index (χ3n) is 3.93. The van der Waals surface area contributed by atoms with E-state index >= 15 is 0 Å². The second-order valence-electron chi connectivity index (χ2n) is 6.12. The van der Waals surface area contributed by atoms with Crippen molar-refractivity contribution in [3.63, 3.8) is 0 Å². The average molecular weight is 402 g/mol. The maximum absolute atomic E-state index is 11.8. The van der Waals surface area contributed by atoms with Gasteiger partial charge in [-0.25, -0.2) is 0 Å². The molecule has 28 heavy (non-hydrogen) atoms. The Labute approximate surface area is 164 Å². The summed E-state index contributed by atoms with van der Waals surface area (Å²) in [6.45, 7) is 7.44. The highest BCUT2D eigenvalue weighted by atomic mass is 16.7. The maximum Gasteiger partial charge on any atom is 0.308 e. The van der Waals surface area contributed by atoms with Crippen molar-refractivity contribution in [2.75, 3.05) is 26.3 Å². The zero-order valence-electron chi connectivity index (χ0n) is 16.8. The fraction of sp³-hybridized carbons (Fsp3) is 0.778. The predicted octanol–water partition coefficient (Wildman–Crippen LogP) is -0.314. The van der Waals surface area contributed by atoms with Gasteiger partial charge >= 0.3 is 11.9 Å². The number of carbonyl (C=O) groups is 4. The minimum Gasteiger partial charge on any atom is -0.457 e. The summed E-state index contributed by atoms with van der Waals surface area (Å²) in [4.78, 5) is 45.1. The summed E-state index contributed by atoms with van der Waals surface area (Å²) in [5.74, 6) is -1.37. The molecule has 0 saturated carbocycles. The highest BCUT2D eigenvalue weighted by Crippen LogP contribution is 2.30. The second kappa shape index (κ2) is 12.3. The molecule has 0 aliphatic carbocycles. The van der Waals surface area contributed by atoms with E-state index < -0.39 is 36.4 Å². The first kappa shape index (κ1) is 23.8. The summed E-state index contributed by atoms with van der Waals surface area (Å²) in [7, 11) is 0. The molecule has 2 aliphatic heterocycles. The van der Waals surface area contributed by atoms with Crippen LogP contribution in [0.1, 0.15) is 40.5 Å². The molecule has 2 heterocycles. The normalized spacial score (nSPS) is 25.0. The maximum atomic E-state index is 11.8. The lowest BCUT2D eigenvalue weighted by atomic mass is 10.1. The molecular formula is C18H30N2O8. The number of esters is 2. The van der Waals surface area contributed by atoms with E-state index in [4.69, 9.17) is 18.9 Å². The van der Waals surface area contributed by atoms with E-state index in [1.54, 1.807) is 0 Å². The third-order valence-corrected chi connectivity index (χ3v) is 3.93. The Morgan fingerprint density at radius 1 is 0.786 bits per heavy atom. The van der Waals surface area contributed by atoms with Gasteiger partial charge in [0.15, 0.2) is 12.2 Å². The molecule has 4 atom stereocenters. The van der Waals surface area contributed by atoms with E-state index in [1.807, 2.05) is 13.8 Å². The van der Waals surface area contributed by atoms with Gasteiger partial charge in [0.05, 0.1) is 26.1 Å². The Morgan fingerprint density at radius 2 is 1.14 bits per heavy atom. The van der Waals surface area contributed by atoms with Crippen LogP contribution in [0.5, 0.6) is 0 Å². The van der Waals surface area contributed by atoms with Gasteiger partial charge in [0.2, 0.25) is 11.8 Å². The van der Waals surface area contributed by atoms with Crippen molar-refractivity contribution in [2.45, 2.75) is 65.0 Å². The van der Waals surface area contributed by atoms with Gasteiger partial charge in [-0.15, -0.1) is 0 Å². The van der Waals surface area contributed by atoms with E-state index in [-0.39, 0.29) is 51.0 Å². The summed E-state index contributed by atoms with van der Waals surface area (Å²) >= 11 is 0. The van der Waals surface area contributed by atoms with Crippen molar-refractivity contribution in [1.29, 1.82) is 0 Å². The monoisotopic (exact) mass is 402 g/mol. The molecule has 0 radical (unpaired) electrons. The first-order valence-corrected chi connectivity index (χ1v) is 9.48. The number of carbonyl (C=O) groups excluding carboxylic acids is 4. The van der Waals surface area contributed by atoms with Crippen LogP contribution in [0.15, 0.2) is 0 Å². The van der Waals surface area contributed by atoms with Gasteiger partial charge in [-0.05, 0) is 0 Å². The lowest BCUT2D eigenvalue weighted by Crippen LogP contribution is -2.36. The minimum atomic E-state index is -0.576. The number of ether oxygens (including phenoxy) is 4. The largest absolute Gasteiger partial charge is 0.457 e. The van der Waals surface area contributed by atoms with Crippen molar-refractivity contribution < 1.29 is 38.1 Å². The summed E-state index contributed by atoms with van der Waals surface area (Å²) in [6.07, 6.45) is -2.04. The van der Waals surface area contributed by atoms with Crippen molar-refractivity contribution in [3.05, 3.63) is 0 Å². The summed E-state index contributed by atoms with van der Waals surface area (Å²) in [5.41, 5.74) is 0. The van der Waals surface area contributed by atoms with E-state index in [0.29, 0.717) is 0 Å². The van der Waals surface area contributed by atoms with Gasteiger partial charge in [0.25, 0.3) is 0 Å². The van der Waals surface area contributed by atoms with Crippen molar-refractivity contribution in [3.8, 4) is 0 Å². The quantitative estimate of drug-likeness (QED) is 0.529. The van der Waals surface area contributed by atoms with Gasteiger partial charge < -0.3 is 29.6 Å². The highest BCUT2D eigenvalue weighted by Gasteiger charge is 2.51. The Kier molecular flexibility index (Phi) is 10.5. The van der Waals surface area contributed by atoms with E-state index in [2.05, 4.69) is 10.6 Å². The smallest absolute Gasteiger partial charge is 0.308 e. The molecule has 2 saturated heterocycles. The molecule has 10 nitrogen and oxygen atoms in total. The molecule has 0 spiro atoms. The zero-order chi connectivity index (χ0) is 21.1. The van der Waals surface area contributed by atoms with Crippen LogP contribution in [0, 0.1) is 0 Å². The molecule has 2 rings (SSSR count). The van der Waals surface area contributed by atoms with Gasteiger partial charge in [-0.2, -0.15) is 0 Å². The number of fused-ring (bicyclic) bond motifs is 1. The van der Waals surface area contributed by atoms with Gasteiger partial charge in [0.1, 0.15) is 12.2 Å². The molecule has 10 heteroatoms. The van der Waals surface area contributed by atoms with Crippen LogP contribution in [-0.2, 0) is 38.1 Å². The lowest BCUT2D eigenvalue weighted by Gasteiger charge is -2.17. The first-order chi connectivity index (χ1) is 13.4. The SMILES string of the molecule is CC.CC(=O)NCCC(=O)O[C@H]1CO[C@H]2[C@@H]1OC[C@@H]2OC(=O)CCNC(C)=O. The van der Waals surface area contributed by atoms with Gasteiger partial charge in [-0.1, -0.05) is 13.8 Å². The topological polar surface area (TPSA) is 129 Å². The molecule has 2 amide bonds. The Bertz CT molecular complexity index is 506. The second-order valence-corrected chi connectivity index (χ2v) is 6.12. The number of hydrogen-bond acceptors (Lipinski definition) is 8. The number of rotatable bonds is 8. The summed E-state index contributed by atoms with van der Waals surface area (Å²) in [5, 5.41) is 5.03. The van der Waals surface area contributed by atoms with Crippen LogP contribution >= 0.6 is 0 Å². The zero-order valence-corrected chi connectivity index (χ0v) is 16.8. The van der Waals surface area contributed by atoms with Crippen molar-refractivity contribution in [1.82, 2.24) is 10.6 Å². The molecule has 2 fully saturated rings. The van der Waals surface area contributed by atoms with Crippen molar-refractivity contribution >= 4 is 23.8 Å². The van der Waals surface area contributed by atoms with Crippen LogP contribution < -0.4 is 10.6 Å². The molecule has 2 N–H and O–H groups in total. The fourth-order valence-corrected chi connectivity index (χ4v) is 2.77. The van der Waals surface area contributed by atoms with E-state index in [9.17, 15) is 19.2 Å². The summed E-state index contributed by atoms with van der Waals surface area (Å²) in [6, 6.07) is 0. The number of amides is 2. The summed E-state index contributed by atoms with van der Waals surface area (Å²) < 4.78 is 21.8. The van der Waals surface area contributed by atoms with Crippen molar-refractivity contribution in [2.24, 2.45) is 0 Å². The molecule has 0 bridgehead atoms.